The summed E-state index contributed by atoms with van der Waals surface area (Å²) < 4.78 is 2.20. The number of hydrogen-bond acceptors (Lipinski definition) is 1. The summed E-state index contributed by atoms with van der Waals surface area (Å²) in [4.78, 5) is 10.8. The van der Waals surface area contributed by atoms with E-state index in [1.807, 2.05) is 12.1 Å². The predicted octanol–water partition coefficient (Wildman–Crippen LogP) is 4.12. The Morgan fingerprint density at radius 1 is 1.36 bits per heavy atom. The quantitative estimate of drug-likeness (QED) is 0.815. The molecule has 1 aromatic carbocycles. The Morgan fingerprint density at radius 2 is 2.07 bits per heavy atom. The van der Waals surface area contributed by atoms with E-state index in [0.717, 1.165) is 21.8 Å². The molecule has 0 radical (unpaired) electrons. The molecule has 1 rings (SSSR count). The van der Waals surface area contributed by atoms with E-state index >= 15 is 0 Å². The van der Waals surface area contributed by atoms with Crippen LogP contribution in [0.4, 0.5) is 0 Å². The molecular weight excluding hydrogens is 308 g/mol. The second kappa shape index (κ2) is 5.66. The molecule has 0 atom stereocenters. The first-order chi connectivity index (χ1) is 6.59. The summed E-state index contributed by atoms with van der Waals surface area (Å²) in [5, 5.41) is 0. The van der Waals surface area contributed by atoms with E-state index in [2.05, 4.69) is 37.9 Å². The molecule has 0 aromatic heterocycles. The van der Waals surface area contributed by atoms with Gasteiger partial charge < -0.3 is 4.79 Å². The number of rotatable bonds is 4. The van der Waals surface area contributed by atoms with Crippen molar-refractivity contribution < 1.29 is 4.79 Å². The zero-order valence-electron chi connectivity index (χ0n) is 8.02. The molecule has 1 nitrogen and oxygen atoms in total. The number of benzene rings is 1. The summed E-state index contributed by atoms with van der Waals surface area (Å²) >= 11 is 6.92. The van der Waals surface area contributed by atoms with E-state index in [0.29, 0.717) is 6.42 Å². The Morgan fingerprint density at radius 3 is 2.71 bits per heavy atom. The summed E-state index contributed by atoms with van der Waals surface area (Å²) in [6.45, 7) is 1.63. The number of Topliss-reactive ketones (excluding diaryl/α,β-unsaturated/α-hetero) is 1. The van der Waals surface area contributed by atoms with Crippen LogP contribution in [0.2, 0.25) is 0 Å². The van der Waals surface area contributed by atoms with E-state index in [1.165, 1.54) is 5.56 Å². The van der Waals surface area contributed by atoms with E-state index < -0.39 is 0 Å². The molecule has 0 spiro atoms. The lowest BCUT2D eigenvalue weighted by molar-refractivity contribution is -0.117. The van der Waals surface area contributed by atoms with Crippen molar-refractivity contribution in [2.45, 2.75) is 26.2 Å². The van der Waals surface area contributed by atoms with Crippen molar-refractivity contribution in [2.75, 3.05) is 0 Å². The molecule has 3 heteroatoms. The van der Waals surface area contributed by atoms with E-state index in [4.69, 9.17) is 0 Å². The lowest BCUT2D eigenvalue weighted by Gasteiger charge is -2.04. The minimum atomic E-state index is 0.260. The molecule has 14 heavy (non-hydrogen) atoms. The van der Waals surface area contributed by atoms with Crippen LogP contribution < -0.4 is 0 Å². The van der Waals surface area contributed by atoms with Gasteiger partial charge in [-0.2, -0.15) is 0 Å². The second-order valence-electron chi connectivity index (χ2n) is 3.29. The monoisotopic (exact) mass is 318 g/mol. The summed E-state index contributed by atoms with van der Waals surface area (Å²) in [6.07, 6.45) is 2.53. The maximum atomic E-state index is 10.8. The highest BCUT2D eigenvalue weighted by Crippen LogP contribution is 2.22. The van der Waals surface area contributed by atoms with Gasteiger partial charge in [0.05, 0.1) is 0 Å². The van der Waals surface area contributed by atoms with Crippen LogP contribution in [0.1, 0.15) is 25.3 Å². The van der Waals surface area contributed by atoms with Gasteiger partial charge in [-0.05, 0) is 43.5 Å². The Hall–Kier alpha value is -0.150. The van der Waals surface area contributed by atoms with Gasteiger partial charge >= 0.3 is 0 Å². The minimum Gasteiger partial charge on any atom is -0.300 e. The van der Waals surface area contributed by atoms with Crippen LogP contribution in [0, 0.1) is 0 Å². The third-order valence-electron chi connectivity index (χ3n) is 1.98. The van der Waals surface area contributed by atoms with Crippen LogP contribution in [0.5, 0.6) is 0 Å². The molecule has 76 valence electrons. The Labute approximate surface area is 101 Å². The van der Waals surface area contributed by atoms with Crippen LogP contribution in [0.15, 0.2) is 27.1 Å². The average Bonchev–Trinajstić information content (AvgIpc) is 2.10. The topological polar surface area (TPSA) is 17.1 Å². The van der Waals surface area contributed by atoms with Crippen LogP contribution in [0.3, 0.4) is 0 Å². The third-order valence-corrected chi connectivity index (χ3v) is 3.25. The molecule has 0 aliphatic heterocycles. The van der Waals surface area contributed by atoms with E-state index in [9.17, 15) is 4.79 Å². The smallest absolute Gasteiger partial charge is 0.129 e. The molecule has 0 heterocycles. The average molecular weight is 320 g/mol. The molecule has 0 N–H and O–H groups in total. The molecule has 0 aliphatic carbocycles. The van der Waals surface area contributed by atoms with Gasteiger partial charge in [0.25, 0.3) is 0 Å². The van der Waals surface area contributed by atoms with Crippen molar-refractivity contribution in [1.82, 2.24) is 0 Å². The van der Waals surface area contributed by atoms with Crippen molar-refractivity contribution >= 4 is 37.6 Å². The zero-order chi connectivity index (χ0) is 10.6. The molecule has 0 fully saturated rings. The minimum absolute atomic E-state index is 0.260. The Balaban J connectivity index is 2.57. The highest BCUT2D eigenvalue weighted by Gasteiger charge is 2.01. The molecule has 0 aliphatic rings. The number of ketones is 1. The molecule has 0 saturated carbocycles. The number of carbonyl (C=O) groups is 1. The molecule has 0 saturated heterocycles. The van der Waals surface area contributed by atoms with Crippen LogP contribution in [0.25, 0.3) is 0 Å². The fraction of sp³-hybridized carbons (Fsp3) is 0.364. The summed E-state index contributed by atoms with van der Waals surface area (Å²) in [7, 11) is 0. The summed E-state index contributed by atoms with van der Waals surface area (Å²) in [5.41, 5.74) is 1.25. The molecule has 0 bridgehead atoms. The maximum absolute atomic E-state index is 10.8. The van der Waals surface area contributed by atoms with Crippen molar-refractivity contribution in [1.29, 1.82) is 0 Å². The van der Waals surface area contributed by atoms with Gasteiger partial charge in [-0.1, -0.05) is 31.9 Å². The van der Waals surface area contributed by atoms with Gasteiger partial charge in [0, 0.05) is 15.4 Å². The van der Waals surface area contributed by atoms with Crippen molar-refractivity contribution in [2.24, 2.45) is 0 Å². The van der Waals surface area contributed by atoms with Crippen LogP contribution >= 0.6 is 31.9 Å². The number of aryl methyl sites for hydroxylation is 1. The number of carbonyl (C=O) groups excluding carboxylic acids is 1. The fourth-order valence-electron chi connectivity index (χ4n) is 1.26. The van der Waals surface area contributed by atoms with Gasteiger partial charge in [-0.3, -0.25) is 0 Å². The lowest BCUT2D eigenvalue weighted by atomic mass is 10.1. The lowest BCUT2D eigenvalue weighted by Crippen LogP contribution is -1.93. The first-order valence-electron chi connectivity index (χ1n) is 4.53. The normalized spacial score (nSPS) is 10.2. The molecule has 0 unspecified atom stereocenters. The SMILES string of the molecule is CC(=O)CCCc1cc(Br)ccc1Br. The second-order valence-corrected chi connectivity index (χ2v) is 5.06. The van der Waals surface area contributed by atoms with Gasteiger partial charge in [-0.25, -0.2) is 0 Å². The van der Waals surface area contributed by atoms with Gasteiger partial charge in [0.2, 0.25) is 0 Å². The molecule has 1 aromatic rings. The summed E-state index contributed by atoms with van der Waals surface area (Å²) in [6, 6.07) is 6.11. The first kappa shape index (κ1) is 11.9. The van der Waals surface area contributed by atoms with Crippen molar-refractivity contribution in [3.63, 3.8) is 0 Å². The van der Waals surface area contributed by atoms with Gasteiger partial charge in [0.15, 0.2) is 0 Å². The standard InChI is InChI=1S/C11H12Br2O/c1-8(14)3-2-4-9-7-10(12)5-6-11(9)13/h5-7H,2-4H2,1H3. The van der Waals surface area contributed by atoms with E-state index in [-0.39, 0.29) is 5.78 Å². The summed E-state index contributed by atoms with van der Waals surface area (Å²) in [5.74, 6) is 0.260. The Kier molecular flexibility index (Phi) is 4.82. The maximum Gasteiger partial charge on any atom is 0.129 e. The molecule has 0 amide bonds. The van der Waals surface area contributed by atoms with Gasteiger partial charge in [-0.15, -0.1) is 0 Å². The van der Waals surface area contributed by atoms with Crippen molar-refractivity contribution in [3.05, 3.63) is 32.7 Å². The Bertz CT molecular complexity index is 334. The highest BCUT2D eigenvalue weighted by molar-refractivity contribution is 9.11. The third kappa shape index (κ3) is 3.93. The largest absolute Gasteiger partial charge is 0.300 e. The number of hydrogen-bond donors (Lipinski definition) is 0. The fourth-order valence-corrected chi connectivity index (χ4v) is 2.12. The van der Waals surface area contributed by atoms with Gasteiger partial charge in [0.1, 0.15) is 5.78 Å². The predicted molar refractivity (Wildman–Crippen MR) is 65.5 cm³/mol. The first-order valence-corrected chi connectivity index (χ1v) is 6.11. The number of halogens is 2. The highest BCUT2D eigenvalue weighted by atomic mass is 79.9. The zero-order valence-corrected chi connectivity index (χ0v) is 11.2. The molecular formula is C11H12Br2O. The van der Waals surface area contributed by atoms with Crippen molar-refractivity contribution in [3.8, 4) is 0 Å². The van der Waals surface area contributed by atoms with Crippen LogP contribution in [-0.2, 0) is 11.2 Å². The van der Waals surface area contributed by atoms with Crippen LogP contribution in [-0.4, -0.2) is 5.78 Å². The van der Waals surface area contributed by atoms with E-state index in [1.54, 1.807) is 6.92 Å².